The van der Waals surface area contributed by atoms with Crippen molar-refractivity contribution in [2.75, 3.05) is 26.2 Å². The Labute approximate surface area is 178 Å². The molecule has 30 heavy (non-hydrogen) atoms. The van der Waals surface area contributed by atoms with Crippen molar-refractivity contribution in [3.05, 3.63) is 0 Å². The lowest BCUT2D eigenvalue weighted by molar-refractivity contribution is -0.123. The summed E-state index contributed by atoms with van der Waals surface area (Å²) >= 11 is 0. The number of aliphatic imine (C=N–C) groups is 2. The Morgan fingerprint density at radius 3 is 1.33 bits per heavy atom. The minimum atomic E-state index is -0.557. The average Bonchev–Trinajstić information content (AvgIpc) is 2.69. The van der Waals surface area contributed by atoms with Crippen LogP contribution in [0.2, 0.25) is 0 Å². The zero-order chi connectivity index (χ0) is 22.8. The molecule has 0 bridgehead atoms. The summed E-state index contributed by atoms with van der Waals surface area (Å²) in [5, 5.41) is 5.65. The SMILES string of the molecule is NC(N)=NCCCC(N)C(=O)NCCCCCCNC(=O)C(N)CCCN=C(N)N. The van der Waals surface area contributed by atoms with Crippen molar-refractivity contribution >= 4 is 23.7 Å². The van der Waals surface area contributed by atoms with E-state index in [2.05, 4.69) is 20.6 Å². The normalized spacial score (nSPS) is 12.5. The minimum absolute atomic E-state index is 0.0370. The lowest BCUT2D eigenvalue weighted by Gasteiger charge is -2.12. The highest BCUT2D eigenvalue weighted by molar-refractivity contribution is 5.81. The van der Waals surface area contributed by atoms with Gasteiger partial charge in [0.25, 0.3) is 0 Å². The van der Waals surface area contributed by atoms with E-state index in [9.17, 15) is 9.59 Å². The van der Waals surface area contributed by atoms with Crippen LogP contribution in [0.4, 0.5) is 0 Å². The second-order valence-corrected chi connectivity index (χ2v) is 7.11. The van der Waals surface area contributed by atoms with E-state index in [0.29, 0.717) is 51.9 Å². The molecule has 0 rings (SSSR count). The van der Waals surface area contributed by atoms with Gasteiger partial charge in [-0.1, -0.05) is 12.8 Å². The summed E-state index contributed by atoms with van der Waals surface area (Å²) in [6.45, 7) is 2.08. The van der Waals surface area contributed by atoms with Crippen LogP contribution in [0.1, 0.15) is 51.4 Å². The van der Waals surface area contributed by atoms with Gasteiger partial charge in [-0.3, -0.25) is 19.6 Å². The third-order valence-corrected chi connectivity index (χ3v) is 4.31. The Morgan fingerprint density at radius 1 is 0.633 bits per heavy atom. The molecule has 0 saturated heterocycles. The smallest absolute Gasteiger partial charge is 0.236 e. The molecule has 0 aliphatic heterocycles. The Bertz CT molecular complexity index is 497. The summed E-state index contributed by atoms with van der Waals surface area (Å²) in [4.78, 5) is 31.4. The van der Waals surface area contributed by atoms with E-state index < -0.39 is 12.1 Å². The number of nitrogens with one attached hydrogen (secondary N) is 2. The van der Waals surface area contributed by atoms with Crippen molar-refractivity contribution in [1.29, 1.82) is 0 Å². The zero-order valence-electron chi connectivity index (χ0n) is 17.8. The maximum atomic E-state index is 11.9. The van der Waals surface area contributed by atoms with Crippen molar-refractivity contribution in [3.8, 4) is 0 Å². The van der Waals surface area contributed by atoms with Gasteiger partial charge in [0.05, 0.1) is 12.1 Å². The molecule has 0 heterocycles. The van der Waals surface area contributed by atoms with Crippen LogP contribution in [-0.4, -0.2) is 62.0 Å². The van der Waals surface area contributed by atoms with Crippen LogP contribution in [0.3, 0.4) is 0 Å². The Kier molecular flexibility index (Phi) is 15.8. The lowest BCUT2D eigenvalue weighted by atomic mass is 10.1. The molecule has 0 aliphatic carbocycles. The van der Waals surface area contributed by atoms with E-state index in [1.807, 2.05) is 0 Å². The van der Waals surface area contributed by atoms with Gasteiger partial charge in [-0.2, -0.15) is 0 Å². The number of unbranched alkanes of at least 4 members (excludes halogenated alkanes) is 3. The van der Waals surface area contributed by atoms with Gasteiger partial charge in [-0.05, 0) is 38.5 Å². The quantitative estimate of drug-likeness (QED) is 0.0700. The fraction of sp³-hybridized carbons (Fsp3) is 0.778. The Hall–Kier alpha value is -2.60. The third-order valence-electron chi connectivity index (χ3n) is 4.31. The highest BCUT2D eigenvalue weighted by Gasteiger charge is 2.13. The zero-order valence-corrected chi connectivity index (χ0v) is 17.8. The molecule has 174 valence electrons. The van der Waals surface area contributed by atoms with Crippen LogP contribution in [-0.2, 0) is 9.59 Å². The number of amides is 2. The number of rotatable bonds is 17. The van der Waals surface area contributed by atoms with Gasteiger partial charge in [-0.25, -0.2) is 0 Å². The summed E-state index contributed by atoms with van der Waals surface area (Å²) in [5.74, 6) is -0.258. The first-order valence-electron chi connectivity index (χ1n) is 10.4. The molecule has 0 aromatic rings. The van der Waals surface area contributed by atoms with E-state index in [4.69, 9.17) is 34.4 Å². The van der Waals surface area contributed by atoms with E-state index in [1.54, 1.807) is 0 Å². The van der Waals surface area contributed by atoms with Crippen LogP contribution < -0.4 is 45.0 Å². The largest absolute Gasteiger partial charge is 0.370 e. The van der Waals surface area contributed by atoms with Crippen LogP contribution in [0.5, 0.6) is 0 Å². The summed E-state index contributed by atoms with van der Waals surface area (Å²) in [7, 11) is 0. The molecular weight excluding hydrogens is 388 g/mol. The van der Waals surface area contributed by atoms with Crippen molar-refractivity contribution in [2.24, 2.45) is 44.4 Å². The number of nitrogens with two attached hydrogens (primary N) is 6. The standard InChI is InChI=1S/C18H40N10O2/c19-13(7-5-11-27-17(21)22)15(29)25-9-3-1-2-4-10-26-16(30)14(20)8-6-12-28-18(23)24/h13-14H,1-12,19-20H2,(H,25,29)(H,26,30)(H4,21,22,27)(H4,23,24,28). The Morgan fingerprint density at radius 2 is 1.00 bits per heavy atom. The summed E-state index contributed by atoms with van der Waals surface area (Å²) in [5.41, 5.74) is 32.6. The molecule has 0 fully saturated rings. The topological polar surface area (TPSA) is 239 Å². The van der Waals surface area contributed by atoms with E-state index >= 15 is 0 Å². The highest BCUT2D eigenvalue weighted by Crippen LogP contribution is 2.00. The van der Waals surface area contributed by atoms with Crippen LogP contribution >= 0.6 is 0 Å². The molecule has 12 heteroatoms. The molecule has 0 spiro atoms. The van der Waals surface area contributed by atoms with Crippen molar-refractivity contribution in [3.63, 3.8) is 0 Å². The fourth-order valence-electron chi connectivity index (χ4n) is 2.59. The van der Waals surface area contributed by atoms with Gasteiger partial charge in [0.1, 0.15) is 0 Å². The third kappa shape index (κ3) is 16.4. The van der Waals surface area contributed by atoms with E-state index in [1.165, 1.54) is 0 Å². The van der Waals surface area contributed by atoms with Crippen LogP contribution in [0, 0.1) is 0 Å². The highest BCUT2D eigenvalue weighted by atomic mass is 16.2. The van der Waals surface area contributed by atoms with Crippen LogP contribution in [0.15, 0.2) is 9.98 Å². The minimum Gasteiger partial charge on any atom is -0.370 e. The van der Waals surface area contributed by atoms with Crippen molar-refractivity contribution in [1.82, 2.24) is 10.6 Å². The Balaban J connectivity index is 3.62. The number of hydrogen-bond donors (Lipinski definition) is 8. The average molecular weight is 429 g/mol. The monoisotopic (exact) mass is 428 g/mol. The fourth-order valence-corrected chi connectivity index (χ4v) is 2.59. The number of guanidine groups is 2. The van der Waals surface area contributed by atoms with Gasteiger partial charge in [0, 0.05) is 26.2 Å². The lowest BCUT2D eigenvalue weighted by Crippen LogP contribution is -2.41. The number of nitrogens with zero attached hydrogens (tertiary/aromatic N) is 2. The maximum absolute atomic E-state index is 11.9. The maximum Gasteiger partial charge on any atom is 0.236 e. The molecule has 12 nitrogen and oxygen atoms in total. The van der Waals surface area contributed by atoms with Gasteiger partial charge in [0.15, 0.2) is 11.9 Å². The second-order valence-electron chi connectivity index (χ2n) is 7.11. The molecule has 2 atom stereocenters. The first-order valence-corrected chi connectivity index (χ1v) is 10.4. The first-order chi connectivity index (χ1) is 14.2. The number of carbonyl (C=O) groups is 2. The second kappa shape index (κ2) is 17.3. The van der Waals surface area contributed by atoms with E-state index in [-0.39, 0.29) is 23.7 Å². The molecule has 0 radical (unpaired) electrons. The predicted octanol–water partition coefficient (Wildman–Crippen LogP) is -2.46. The molecule has 2 unspecified atom stereocenters. The van der Waals surface area contributed by atoms with Gasteiger partial charge >= 0.3 is 0 Å². The summed E-state index contributed by atoms with van der Waals surface area (Å²) in [6.07, 6.45) is 5.95. The van der Waals surface area contributed by atoms with Crippen LogP contribution in [0.25, 0.3) is 0 Å². The molecule has 0 aromatic heterocycles. The predicted molar refractivity (Wildman–Crippen MR) is 120 cm³/mol. The van der Waals surface area contributed by atoms with Crippen molar-refractivity contribution < 1.29 is 9.59 Å². The molecule has 14 N–H and O–H groups in total. The number of hydrogen-bond acceptors (Lipinski definition) is 6. The molecule has 2 amide bonds. The van der Waals surface area contributed by atoms with Gasteiger partial charge in [-0.15, -0.1) is 0 Å². The molecule has 0 saturated carbocycles. The first kappa shape index (κ1) is 27.4. The van der Waals surface area contributed by atoms with E-state index in [0.717, 1.165) is 25.7 Å². The summed E-state index contributed by atoms with van der Waals surface area (Å²) < 4.78 is 0. The molecular formula is C18H40N10O2. The van der Waals surface area contributed by atoms with Gasteiger partial charge < -0.3 is 45.0 Å². The molecule has 0 aliphatic rings. The molecule has 0 aromatic carbocycles. The van der Waals surface area contributed by atoms with Gasteiger partial charge in [0.2, 0.25) is 11.8 Å². The summed E-state index contributed by atoms with van der Waals surface area (Å²) in [6, 6.07) is -1.11. The number of carbonyl (C=O) groups excluding carboxylic acids is 2. The van der Waals surface area contributed by atoms with Crippen molar-refractivity contribution in [2.45, 2.75) is 63.5 Å².